The lowest BCUT2D eigenvalue weighted by atomic mass is 10.3. The number of thiophene rings is 1. The summed E-state index contributed by atoms with van der Waals surface area (Å²) in [5.74, 6) is 1.29. The summed E-state index contributed by atoms with van der Waals surface area (Å²) in [6, 6.07) is 15.9. The van der Waals surface area contributed by atoms with E-state index in [1.165, 1.54) is 0 Å². The van der Waals surface area contributed by atoms with Crippen LogP contribution in [0, 0.1) is 0 Å². The van der Waals surface area contributed by atoms with Crippen molar-refractivity contribution < 1.29 is 12.8 Å². The van der Waals surface area contributed by atoms with Crippen LogP contribution in [0.3, 0.4) is 0 Å². The predicted molar refractivity (Wildman–Crippen MR) is 99.6 cm³/mol. The van der Waals surface area contributed by atoms with E-state index in [1.54, 1.807) is 64.8 Å². The molecular weight excluding hydrogens is 370 g/mol. The van der Waals surface area contributed by atoms with Crippen LogP contribution in [0.25, 0.3) is 16.3 Å². The SMILES string of the molecule is O=S(=O)(NCc1ccc(-c2cccs2)o1)c1ccc(-n2cccn2)cc1. The second-order valence-electron chi connectivity index (χ2n) is 5.51. The summed E-state index contributed by atoms with van der Waals surface area (Å²) in [5, 5.41) is 6.08. The van der Waals surface area contributed by atoms with E-state index in [1.807, 2.05) is 23.6 Å². The molecule has 3 heterocycles. The van der Waals surface area contributed by atoms with E-state index < -0.39 is 10.0 Å². The van der Waals surface area contributed by atoms with Crippen molar-refractivity contribution in [1.29, 1.82) is 0 Å². The molecule has 6 nitrogen and oxygen atoms in total. The highest BCUT2D eigenvalue weighted by molar-refractivity contribution is 7.89. The molecule has 0 aliphatic heterocycles. The van der Waals surface area contributed by atoms with Crippen LogP contribution in [0.15, 0.2) is 81.7 Å². The second-order valence-corrected chi connectivity index (χ2v) is 8.23. The Morgan fingerprint density at radius 2 is 1.92 bits per heavy atom. The topological polar surface area (TPSA) is 77.1 Å². The maximum atomic E-state index is 12.5. The van der Waals surface area contributed by atoms with E-state index in [2.05, 4.69) is 9.82 Å². The summed E-state index contributed by atoms with van der Waals surface area (Å²) in [4.78, 5) is 1.20. The Labute approximate surface area is 154 Å². The van der Waals surface area contributed by atoms with E-state index in [-0.39, 0.29) is 11.4 Å². The lowest BCUT2D eigenvalue weighted by molar-refractivity contribution is 0.510. The normalized spacial score (nSPS) is 11.7. The molecule has 4 rings (SSSR count). The van der Waals surface area contributed by atoms with Crippen molar-refractivity contribution >= 4 is 21.4 Å². The third kappa shape index (κ3) is 3.48. The molecule has 0 saturated heterocycles. The van der Waals surface area contributed by atoms with Crippen LogP contribution in [-0.4, -0.2) is 18.2 Å². The number of furan rings is 1. The first-order chi connectivity index (χ1) is 12.6. The van der Waals surface area contributed by atoms with Crippen molar-refractivity contribution in [3.63, 3.8) is 0 Å². The Bertz CT molecular complexity index is 1080. The van der Waals surface area contributed by atoms with Gasteiger partial charge in [0, 0.05) is 12.4 Å². The third-order valence-electron chi connectivity index (χ3n) is 3.78. The van der Waals surface area contributed by atoms with Crippen molar-refractivity contribution in [2.24, 2.45) is 0 Å². The molecule has 0 fully saturated rings. The van der Waals surface area contributed by atoms with Crippen LogP contribution in [0.4, 0.5) is 0 Å². The molecule has 0 aliphatic rings. The van der Waals surface area contributed by atoms with Gasteiger partial charge >= 0.3 is 0 Å². The highest BCUT2D eigenvalue weighted by Gasteiger charge is 2.15. The highest BCUT2D eigenvalue weighted by atomic mass is 32.2. The first-order valence-corrected chi connectivity index (χ1v) is 10.2. The van der Waals surface area contributed by atoms with Crippen LogP contribution >= 0.6 is 11.3 Å². The minimum Gasteiger partial charge on any atom is -0.459 e. The number of hydrogen-bond donors (Lipinski definition) is 1. The third-order valence-corrected chi connectivity index (χ3v) is 6.08. The van der Waals surface area contributed by atoms with Gasteiger partial charge in [-0.2, -0.15) is 5.10 Å². The monoisotopic (exact) mass is 385 g/mol. The Hall–Kier alpha value is -2.68. The summed E-state index contributed by atoms with van der Waals surface area (Å²) < 4.78 is 34.9. The number of benzene rings is 1. The minimum absolute atomic E-state index is 0.0919. The molecule has 3 aromatic heterocycles. The molecule has 4 aromatic rings. The minimum atomic E-state index is -3.63. The number of hydrogen-bond acceptors (Lipinski definition) is 5. The van der Waals surface area contributed by atoms with Gasteiger partial charge in [0.2, 0.25) is 10.0 Å². The van der Waals surface area contributed by atoms with Gasteiger partial charge in [-0.15, -0.1) is 11.3 Å². The van der Waals surface area contributed by atoms with Crippen molar-refractivity contribution in [3.05, 3.63) is 78.1 Å². The number of sulfonamides is 1. The lowest BCUT2D eigenvalue weighted by Crippen LogP contribution is -2.23. The lowest BCUT2D eigenvalue weighted by Gasteiger charge is -2.07. The number of rotatable bonds is 6. The number of nitrogens with one attached hydrogen (secondary N) is 1. The Morgan fingerprint density at radius 3 is 2.62 bits per heavy atom. The van der Waals surface area contributed by atoms with Crippen molar-refractivity contribution in [2.45, 2.75) is 11.4 Å². The van der Waals surface area contributed by atoms with Gasteiger partial charge in [0.15, 0.2) is 0 Å². The standard InChI is InChI=1S/C18H15N3O3S2/c22-26(23,16-7-4-14(5-8-16)21-11-2-10-19-21)20-13-15-6-9-17(24-15)18-3-1-12-25-18/h1-12,20H,13H2. The summed E-state index contributed by atoms with van der Waals surface area (Å²) in [6.45, 7) is 0.0919. The van der Waals surface area contributed by atoms with E-state index in [4.69, 9.17) is 4.42 Å². The average molecular weight is 385 g/mol. The zero-order valence-electron chi connectivity index (χ0n) is 13.6. The van der Waals surface area contributed by atoms with Gasteiger partial charge in [-0.25, -0.2) is 17.8 Å². The van der Waals surface area contributed by atoms with E-state index in [9.17, 15) is 8.42 Å². The fourth-order valence-corrected chi connectivity index (χ4v) is 4.15. The van der Waals surface area contributed by atoms with Crippen LogP contribution in [0.2, 0.25) is 0 Å². The molecule has 0 bridgehead atoms. The predicted octanol–water partition coefficient (Wildman–Crippen LogP) is 3.67. The summed E-state index contributed by atoms with van der Waals surface area (Å²) in [7, 11) is -3.63. The number of aromatic nitrogens is 2. The molecular formula is C18H15N3O3S2. The van der Waals surface area contributed by atoms with Gasteiger partial charge in [-0.1, -0.05) is 6.07 Å². The largest absolute Gasteiger partial charge is 0.459 e. The summed E-state index contributed by atoms with van der Waals surface area (Å²) in [5.41, 5.74) is 0.792. The smallest absolute Gasteiger partial charge is 0.240 e. The van der Waals surface area contributed by atoms with Crippen LogP contribution in [0.1, 0.15) is 5.76 Å². The van der Waals surface area contributed by atoms with E-state index in [0.717, 1.165) is 16.3 Å². The molecule has 0 amide bonds. The zero-order valence-corrected chi connectivity index (χ0v) is 15.2. The fourth-order valence-electron chi connectivity index (χ4n) is 2.47. The zero-order chi connectivity index (χ0) is 18.0. The molecule has 0 atom stereocenters. The first kappa shape index (κ1) is 16.8. The maximum absolute atomic E-state index is 12.5. The Balaban J connectivity index is 1.45. The van der Waals surface area contributed by atoms with Crippen LogP contribution in [-0.2, 0) is 16.6 Å². The van der Waals surface area contributed by atoms with Crippen LogP contribution < -0.4 is 4.72 Å². The van der Waals surface area contributed by atoms with Gasteiger partial charge in [-0.05, 0) is 53.9 Å². The first-order valence-electron chi connectivity index (χ1n) is 7.84. The molecule has 0 spiro atoms. The van der Waals surface area contributed by atoms with E-state index in [0.29, 0.717) is 5.76 Å². The molecule has 0 saturated carbocycles. The van der Waals surface area contributed by atoms with Crippen molar-refractivity contribution in [2.75, 3.05) is 0 Å². The molecule has 26 heavy (non-hydrogen) atoms. The van der Waals surface area contributed by atoms with E-state index >= 15 is 0 Å². The van der Waals surface area contributed by atoms with Gasteiger partial charge in [0.25, 0.3) is 0 Å². The van der Waals surface area contributed by atoms with Gasteiger partial charge < -0.3 is 4.42 Å². The Morgan fingerprint density at radius 1 is 1.08 bits per heavy atom. The molecule has 1 N–H and O–H groups in total. The summed E-state index contributed by atoms with van der Waals surface area (Å²) >= 11 is 1.57. The molecule has 0 unspecified atom stereocenters. The average Bonchev–Trinajstić information content (AvgIpc) is 3.42. The number of nitrogens with zero attached hydrogens (tertiary/aromatic N) is 2. The molecule has 1 aromatic carbocycles. The molecule has 8 heteroatoms. The molecule has 132 valence electrons. The Kier molecular flexibility index (Phi) is 4.46. The van der Waals surface area contributed by atoms with Crippen molar-refractivity contribution in [1.82, 2.24) is 14.5 Å². The van der Waals surface area contributed by atoms with Gasteiger partial charge in [0.05, 0.1) is 22.0 Å². The quantitative estimate of drug-likeness (QED) is 0.549. The fraction of sp³-hybridized carbons (Fsp3) is 0.0556. The van der Waals surface area contributed by atoms with Crippen molar-refractivity contribution in [3.8, 4) is 16.3 Å². The molecule has 0 radical (unpaired) electrons. The maximum Gasteiger partial charge on any atom is 0.240 e. The molecule has 0 aliphatic carbocycles. The highest BCUT2D eigenvalue weighted by Crippen LogP contribution is 2.26. The van der Waals surface area contributed by atoms with Gasteiger partial charge in [0.1, 0.15) is 11.5 Å². The van der Waals surface area contributed by atoms with Gasteiger partial charge in [-0.3, -0.25) is 0 Å². The van der Waals surface area contributed by atoms with Crippen LogP contribution in [0.5, 0.6) is 0 Å². The summed E-state index contributed by atoms with van der Waals surface area (Å²) in [6.07, 6.45) is 3.46. The second kappa shape index (κ2) is 6.91.